The lowest BCUT2D eigenvalue weighted by Gasteiger charge is -2.06. The van der Waals surface area contributed by atoms with Crippen molar-refractivity contribution in [1.29, 1.82) is 0 Å². The summed E-state index contributed by atoms with van der Waals surface area (Å²) in [5.41, 5.74) is 2.23. The first kappa shape index (κ1) is 11.6. The standard InChI is InChI=1S/C17H14O2/c1-19-17-9-6-14-10-13(2-3-15(14)11-17)12-4-7-16(18)8-5-12/h2-11,18H,1H3. The molecule has 0 aliphatic rings. The molecule has 94 valence electrons. The zero-order valence-corrected chi connectivity index (χ0v) is 10.6. The lowest BCUT2D eigenvalue weighted by molar-refractivity contribution is 0.415. The Kier molecular flexibility index (Phi) is 2.84. The van der Waals surface area contributed by atoms with Crippen LogP contribution in [-0.2, 0) is 0 Å². The van der Waals surface area contributed by atoms with E-state index in [0.29, 0.717) is 0 Å². The van der Waals surface area contributed by atoms with Crippen molar-refractivity contribution in [2.24, 2.45) is 0 Å². The average molecular weight is 250 g/mol. The highest BCUT2D eigenvalue weighted by molar-refractivity contribution is 5.88. The second-order valence-corrected chi connectivity index (χ2v) is 4.47. The van der Waals surface area contributed by atoms with Crippen LogP contribution in [0.3, 0.4) is 0 Å². The van der Waals surface area contributed by atoms with Crippen LogP contribution in [0.1, 0.15) is 0 Å². The van der Waals surface area contributed by atoms with Gasteiger partial charge in [0.15, 0.2) is 0 Å². The number of benzene rings is 3. The number of methoxy groups -OCH3 is 1. The summed E-state index contributed by atoms with van der Waals surface area (Å²) in [5, 5.41) is 11.6. The van der Waals surface area contributed by atoms with E-state index in [4.69, 9.17) is 4.74 Å². The van der Waals surface area contributed by atoms with E-state index < -0.39 is 0 Å². The fourth-order valence-corrected chi connectivity index (χ4v) is 2.18. The van der Waals surface area contributed by atoms with E-state index in [1.807, 2.05) is 24.3 Å². The van der Waals surface area contributed by atoms with Gasteiger partial charge in [0.1, 0.15) is 11.5 Å². The third-order valence-electron chi connectivity index (χ3n) is 3.25. The molecular weight excluding hydrogens is 236 g/mol. The summed E-state index contributed by atoms with van der Waals surface area (Å²) in [5.74, 6) is 1.15. The Labute approximate surface area is 111 Å². The van der Waals surface area contributed by atoms with Crippen molar-refractivity contribution in [2.75, 3.05) is 7.11 Å². The summed E-state index contributed by atoms with van der Waals surface area (Å²) in [6, 6.07) is 19.6. The number of rotatable bonds is 2. The topological polar surface area (TPSA) is 29.5 Å². The van der Waals surface area contributed by atoms with Crippen LogP contribution in [0.25, 0.3) is 21.9 Å². The van der Waals surface area contributed by atoms with Crippen LogP contribution in [0, 0.1) is 0 Å². The Bertz CT molecular complexity index is 715. The van der Waals surface area contributed by atoms with Crippen LogP contribution in [0.15, 0.2) is 60.7 Å². The molecule has 0 saturated carbocycles. The second kappa shape index (κ2) is 4.65. The van der Waals surface area contributed by atoms with Gasteiger partial charge in [-0.15, -0.1) is 0 Å². The number of phenols is 1. The third-order valence-corrected chi connectivity index (χ3v) is 3.25. The SMILES string of the molecule is COc1ccc2cc(-c3ccc(O)cc3)ccc2c1. The molecule has 0 unspecified atom stereocenters. The normalized spacial score (nSPS) is 10.6. The molecule has 3 aromatic rings. The number of hydrogen-bond donors (Lipinski definition) is 1. The summed E-state index contributed by atoms with van der Waals surface area (Å²) >= 11 is 0. The molecule has 0 spiro atoms. The van der Waals surface area contributed by atoms with Crippen molar-refractivity contribution in [3.05, 3.63) is 60.7 Å². The predicted molar refractivity (Wildman–Crippen MR) is 77.6 cm³/mol. The molecule has 0 amide bonds. The van der Waals surface area contributed by atoms with E-state index in [1.54, 1.807) is 19.2 Å². The minimum absolute atomic E-state index is 0.286. The van der Waals surface area contributed by atoms with Gasteiger partial charge < -0.3 is 9.84 Å². The van der Waals surface area contributed by atoms with Crippen molar-refractivity contribution in [3.8, 4) is 22.6 Å². The molecule has 0 heterocycles. The van der Waals surface area contributed by atoms with Gasteiger partial charge in [0, 0.05) is 0 Å². The molecule has 2 nitrogen and oxygen atoms in total. The fraction of sp³-hybridized carbons (Fsp3) is 0.0588. The minimum Gasteiger partial charge on any atom is -0.508 e. The predicted octanol–water partition coefficient (Wildman–Crippen LogP) is 4.22. The van der Waals surface area contributed by atoms with Crippen LogP contribution in [0.4, 0.5) is 0 Å². The Morgan fingerprint density at radius 2 is 1.37 bits per heavy atom. The summed E-state index contributed by atoms with van der Waals surface area (Å²) in [4.78, 5) is 0. The maximum Gasteiger partial charge on any atom is 0.119 e. The van der Waals surface area contributed by atoms with E-state index in [0.717, 1.165) is 22.3 Å². The van der Waals surface area contributed by atoms with E-state index >= 15 is 0 Å². The third kappa shape index (κ3) is 2.25. The van der Waals surface area contributed by atoms with Crippen molar-refractivity contribution in [1.82, 2.24) is 0 Å². The molecule has 0 aromatic heterocycles. The highest BCUT2D eigenvalue weighted by Crippen LogP contribution is 2.27. The molecule has 0 radical (unpaired) electrons. The number of phenolic OH excluding ortho intramolecular Hbond substituents is 1. The average Bonchev–Trinajstić information content (AvgIpc) is 2.47. The number of fused-ring (bicyclic) bond motifs is 1. The van der Waals surface area contributed by atoms with Crippen LogP contribution in [-0.4, -0.2) is 12.2 Å². The molecule has 0 atom stereocenters. The molecule has 1 N–H and O–H groups in total. The molecule has 0 bridgehead atoms. The number of ether oxygens (including phenoxy) is 1. The molecular formula is C17H14O2. The van der Waals surface area contributed by atoms with Crippen LogP contribution >= 0.6 is 0 Å². The Balaban J connectivity index is 2.08. The molecule has 19 heavy (non-hydrogen) atoms. The molecule has 0 aliphatic heterocycles. The quantitative estimate of drug-likeness (QED) is 0.737. The van der Waals surface area contributed by atoms with Crippen molar-refractivity contribution in [3.63, 3.8) is 0 Å². The van der Waals surface area contributed by atoms with Gasteiger partial charge >= 0.3 is 0 Å². The lowest BCUT2D eigenvalue weighted by Crippen LogP contribution is -1.83. The Morgan fingerprint density at radius 3 is 2.11 bits per heavy atom. The number of hydrogen-bond acceptors (Lipinski definition) is 2. The van der Waals surface area contributed by atoms with Crippen molar-refractivity contribution in [2.45, 2.75) is 0 Å². The molecule has 0 saturated heterocycles. The highest BCUT2D eigenvalue weighted by atomic mass is 16.5. The monoisotopic (exact) mass is 250 g/mol. The van der Waals surface area contributed by atoms with Crippen LogP contribution in [0.5, 0.6) is 11.5 Å². The van der Waals surface area contributed by atoms with Gasteiger partial charge in [-0.2, -0.15) is 0 Å². The molecule has 2 heteroatoms. The van der Waals surface area contributed by atoms with Gasteiger partial charge in [0.05, 0.1) is 7.11 Å². The zero-order valence-electron chi connectivity index (χ0n) is 10.6. The summed E-state index contributed by atoms with van der Waals surface area (Å²) in [6.07, 6.45) is 0. The maximum atomic E-state index is 9.32. The Morgan fingerprint density at radius 1 is 0.737 bits per heavy atom. The first-order valence-corrected chi connectivity index (χ1v) is 6.13. The van der Waals surface area contributed by atoms with E-state index in [2.05, 4.69) is 24.3 Å². The van der Waals surface area contributed by atoms with E-state index in [1.165, 1.54) is 5.39 Å². The largest absolute Gasteiger partial charge is 0.508 e. The van der Waals surface area contributed by atoms with E-state index in [-0.39, 0.29) is 5.75 Å². The summed E-state index contributed by atoms with van der Waals surface area (Å²) in [7, 11) is 1.67. The van der Waals surface area contributed by atoms with Gasteiger partial charge in [-0.25, -0.2) is 0 Å². The van der Waals surface area contributed by atoms with Gasteiger partial charge in [-0.1, -0.05) is 30.3 Å². The number of aromatic hydroxyl groups is 1. The smallest absolute Gasteiger partial charge is 0.119 e. The lowest BCUT2D eigenvalue weighted by atomic mass is 10.0. The van der Waals surface area contributed by atoms with Crippen LogP contribution in [0.2, 0.25) is 0 Å². The zero-order chi connectivity index (χ0) is 13.2. The maximum absolute atomic E-state index is 9.32. The van der Waals surface area contributed by atoms with Crippen LogP contribution < -0.4 is 4.74 Å². The van der Waals surface area contributed by atoms with E-state index in [9.17, 15) is 5.11 Å². The highest BCUT2D eigenvalue weighted by Gasteiger charge is 2.01. The van der Waals surface area contributed by atoms with Crippen molar-refractivity contribution >= 4 is 10.8 Å². The molecule has 0 aliphatic carbocycles. The fourth-order valence-electron chi connectivity index (χ4n) is 2.18. The summed E-state index contributed by atoms with van der Waals surface area (Å²) < 4.78 is 5.22. The molecule has 0 fully saturated rings. The summed E-state index contributed by atoms with van der Waals surface area (Å²) in [6.45, 7) is 0. The van der Waals surface area contributed by atoms with Crippen molar-refractivity contribution < 1.29 is 9.84 Å². The first-order chi connectivity index (χ1) is 9.26. The van der Waals surface area contributed by atoms with Gasteiger partial charge in [0.25, 0.3) is 0 Å². The molecule has 3 rings (SSSR count). The first-order valence-electron chi connectivity index (χ1n) is 6.13. The minimum atomic E-state index is 0.286. The Hall–Kier alpha value is -2.48. The van der Waals surface area contributed by atoms with Gasteiger partial charge in [-0.3, -0.25) is 0 Å². The van der Waals surface area contributed by atoms with Gasteiger partial charge in [0.2, 0.25) is 0 Å². The second-order valence-electron chi connectivity index (χ2n) is 4.47. The van der Waals surface area contributed by atoms with Gasteiger partial charge in [-0.05, 0) is 52.2 Å². The molecule has 3 aromatic carbocycles.